The van der Waals surface area contributed by atoms with Crippen molar-refractivity contribution in [2.24, 2.45) is 23.2 Å². The van der Waals surface area contributed by atoms with E-state index < -0.39 is 0 Å². The van der Waals surface area contributed by atoms with Gasteiger partial charge in [-0.25, -0.2) is 0 Å². The van der Waals surface area contributed by atoms with Gasteiger partial charge in [0.1, 0.15) is 0 Å². The lowest BCUT2D eigenvalue weighted by Gasteiger charge is -2.41. The van der Waals surface area contributed by atoms with E-state index in [1.807, 2.05) is 6.92 Å². The van der Waals surface area contributed by atoms with Crippen molar-refractivity contribution in [1.82, 2.24) is 0 Å². The fraction of sp³-hybridized carbons (Fsp3) is 0.711. The Morgan fingerprint density at radius 3 is 1.87 bits per heavy atom. The molecular weight excluding hydrogens is 540 g/mol. The van der Waals surface area contributed by atoms with Gasteiger partial charge in [-0.2, -0.15) is 0 Å². The van der Waals surface area contributed by atoms with Gasteiger partial charge in [-0.1, -0.05) is 104 Å². The zero-order valence-electron chi connectivity index (χ0n) is 30.2. The molecule has 0 aromatic rings. The first-order valence-corrected chi connectivity index (χ1v) is 18.6. The maximum absolute atomic E-state index is 6.41. The first-order chi connectivity index (χ1) is 22.0. The molecule has 0 aromatic heterocycles. The topological polar surface area (TPSA) is 0 Å². The van der Waals surface area contributed by atoms with Gasteiger partial charge in [0, 0.05) is 49.4 Å². The van der Waals surface area contributed by atoms with Crippen molar-refractivity contribution in [3.63, 3.8) is 0 Å². The summed E-state index contributed by atoms with van der Waals surface area (Å²) in [5.74, 6) is 32.1. The third-order valence-electron chi connectivity index (χ3n) is 9.50. The number of rotatable bonds is 25. The van der Waals surface area contributed by atoms with E-state index in [-0.39, 0.29) is 11.3 Å². The van der Waals surface area contributed by atoms with E-state index in [1.165, 1.54) is 63.7 Å². The van der Waals surface area contributed by atoms with Crippen molar-refractivity contribution in [2.45, 2.75) is 182 Å². The van der Waals surface area contributed by atoms with Gasteiger partial charge in [-0.3, -0.25) is 0 Å². The van der Waals surface area contributed by atoms with Gasteiger partial charge in [0.2, 0.25) is 0 Å². The molecule has 4 atom stereocenters. The fourth-order valence-electron chi connectivity index (χ4n) is 6.58. The molecule has 45 heavy (non-hydrogen) atoms. The van der Waals surface area contributed by atoms with Crippen LogP contribution in [-0.2, 0) is 0 Å². The summed E-state index contributed by atoms with van der Waals surface area (Å²) >= 11 is 0. The van der Waals surface area contributed by atoms with Crippen molar-refractivity contribution >= 4 is 0 Å². The normalized spacial score (nSPS) is 13.7. The highest BCUT2D eigenvalue weighted by atomic mass is 14.4. The van der Waals surface area contributed by atoms with Crippen LogP contribution in [0.2, 0.25) is 0 Å². The maximum Gasteiger partial charge on any atom is 0.0489 e. The van der Waals surface area contributed by atoms with E-state index in [4.69, 9.17) is 19.3 Å². The van der Waals surface area contributed by atoms with Crippen molar-refractivity contribution in [1.29, 1.82) is 0 Å². The molecule has 0 aliphatic carbocycles. The van der Waals surface area contributed by atoms with Crippen molar-refractivity contribution in [3.05, 3.63) is 5.92 Å². The maximum atomic E-state index is 6.41. The van der Waals surface area contributed by atoms with Crippen LogP contribution < -0.4 is 0 Å². The van der Waals surface area contributed by atoms with Crippen LogP contribution in [0.3, 0.4) is 0 Å². The monoisotopic (exact) mass is 608 g/mol. The molecule has 0 N–H and O–H groups in total. The molecule has 0 aromatic carbocycles. The number of hydrogen-bond donors (Lipinski definition) is 0. The Hall–Kier alpha value is -2.64. The van der Waals surface area contributed by atoms with Gasteiger partial charge >= 0.3 is 0 Å². The summed E-state index contributed by atoms with van der Waals surface area (Å²) in [6.45, 7) is 11.1. The van der Waals surface area contributed by atoms with Crippen LogP contribution in [0.1, 0.15) is 182 Å². The highest BCUT2D eigenvalue weighted by Crippen LogP contribution is 2.46. The molecule has 0 saturated heterocycles. The average molecular weight is 608 g/mol. The van der Waals surface area contributed by atoms with Crippen LogP contribution in [-0.4, -0.2) is 0 Å². The van der Waals surface area contributed by atoms with Gasteiger partial charge in [0.25, 0.3) is 0 Å². The second kappa shape index (κ2) is 30.0. The van der Waals surface area contributed by atoms with Gasteiger partial charge in [0.15, 0.2) is 0 Å². The largest absolute Gasteiger partial charge is 0.120 e. The van der Waals surface area contributed by atoms with Crippen molar-refractivity contribution < 1.29 is 0 Å². The Balaban J connectivity index is 6.37. The zero-order valence-corrected chi connectivity index (χ0v) is 30.2. The average Bonchev–Trinajstić information content (AvgIpc) is 3.05. The van der Waals surface area contributed by atoms with E-state index in [0.717, 1.165) is 89.9 Å². The second-order valence-electron chi connectivity index (χ2n) is 12.9. The third kappa shape index (κ3) is 20.2. The summed E-state index contributed by atoms with van der Waals surface area (Å²) in [5, 5.41) is 0. The summed E-state index contributed by atoms with van der Waals surface area (Å²) in [6, 6.07) is 0. The number of unbranched alkanes of at least 4 members (excludes halogenated alkanes) is 11. The summed E-state index contributed by atoms with van der Waals surface area (Å²) in [4.78, 5) is 0. The first kappa shape index (κ1) is 42.4. The molecule has 0 heteroatoms. The lowest BCUT2D eigenvalue weighted by Crippen LogP contribution is -2.36. The lowest BCUT2D eigenvalue weighted by atomic mass is 9.62. The second-order valence-corrected chi connectivity index (χ2v) is 12.9. The molecule has 0 aliphatic rings. The van der Waals surface area contributed by atoms with Crippen molar-refractivity contribution in [3.8, 4) is 72.6 Å². The molecule has 0 bridgehead atoms. The Bertz CT molecular complexity index is 1030. The molecule has 0 amide bonds. The van der Waals surface area contributed by atoms with Crippen molar-refractivity contribution in [2.75, 3.05) is 0 Å². The highest BCUT2D eigenvalue weighted by molar-refractivity contribution is 5.28. The van der Waals surface area contributed by atoms with Crippen LogP contribution in [0.15, 0.2) is 0 Å². The Kier molecular flexibility index (Phi) is 28.3. The molecule has 0 fully saturated rings. The van der Waals surface area contributed by atoms with Crippen LogP contribution in [0.25, 0.3) is 0 Å². The van der Waals surface area contributed by atoms with Crippen LogP contribution in [0, 0.1) is 102 Å². The van der Waals surface area contributed by atoms with Gasteiger partial charge in [-0.15, -0.1) is 60.7 Å². The minimum Gasteiger partial charge on any atom is -0.120 e. The Morgan fingerprint density at radius 2 is 1.29 bits per heavy atom. The summed E-state index contributed by atoms with van der Waals surface area (Å²) < 4.78 is 0. The van der Waals surface area contributed by atoms with Crippen LogP contribution >= 0.6 is 0 Å². The Labute approximate surface area is 283 Å². The fourth-order valence-corrected chi connectivity index (χ4v) is 6.58. The molecule has 0 nitrogen and oxygen atoms in total. The molecule has 247 valence electrons. The third-order valence-corrected chi connectivity index (χ3v) is 9.50. The van der Waals surface area contributed by atoms with Gasteiger partial charge in [0.05, 0.1) is 0 Å². The SMILES string of the molecule is C#CCCCCCCCCCC(C#C[C](CCC#CCC)CCCC#CC)(CCCCC#C)C(C)C(C#C)C(CC)CCCC. The molecule has 1 radical (unpaired) electrons. The summed E-state index contributed by atoms with van der Waals surface area (Å²) in [5.41, 5.74) is -0.109. The van der Waals surface area contributed by atoms with Crippen LogP contribution in [0.5, 0.6) is 0 Å². The molecule has 0 spiro atoms. The highest BCUT2D eigenvalue weighted by Gasteiger charge is 2.40. The van der Waals surface area contributed by atoms with Crippen LogP contribution in [0.4, 0.5) is 0 Å². The first-order valence-electron chi connectivity index (χ1n) is 18.6. The van der Waals surface area contributed by atoms with E-state index in [9.17, 15) is 0 Å². The lowest BCUT2D eigenvalue weighted by molar-refractivity contribution is 0.131. The molecular formula is C45H67. The van der Waals surface area contributed by atoms with Gasteiger partial charge < -0.3 is 0 Å². The Morgan fingerprint density at radius 1 is 0.667 bits per heavy atom. The molecule has 0 aliphatic heterocycles. The predicted octanol–water partition coefficient (Wildman–Crippen LogP) is 12.4. The quantitative estimate of drug-likeness (QED) is 0.0715. The summed E-state index contributed by atoms with van der Waals surface area (Å²) in [6.07, 6.45) is 42.8. The van der Waals surface area contributed by atoms with E-state index in [1.54, 1.807) is 0 Å². The van der Waals surface area contributed by atoms with E-state index in [0.29, 0.717) is 11.8 Å². The van der Waals surface area contributed by atoms with E-state index >= 15 is 0 Å². The minimum absolute atomic E-state index is 0.109. The molecule has 4 unspecified atom stereocenters. The molecule has 0 heterocycles. The summed E-state index contributed by atoms with van der Waals surface area (Å²) in [7, 11) is 0. The zero-order chi connectivity index (χ0) is 33.4. The standard InChI is InChI=1S/C45H67/c1-9-16-21-25-26-27-28-29-33-39-45(38-32-24-19-12-4,41(8)44(15-7)43(14-6)36-20-13-5)40-37-42(34-30-22-17-10-2)35-31-23-18-11-3/h1,4,7,41,43-44H,10,13-14,16,19-21,23-36,38-39H2,2-3,5-6,8H3. The number of terminal acetylenes is 3. The van der Waals surface area contributed by atoms with E-state index in [2.05, 4.69) is 81.0 Å². The molecule has 0 saturated carbocycles. The van der Waals surface area contributed by atoms with Gasteiger partial charge in [-0.05, 0) is 70.1 Å². The smallest absolute Gasteiger partial charge is 0.0489 e. The molecule has 0 rings (SSSR count). The predicted molar refractivity (Wildman–Crippen MR) is 201 cm³/mol. The minimum atomic E-state index is -0.109. The number of hydrogen-bond acceptors (Lipinski definition) is 0.